The summed E-state index contributed by atoms with van der Waals surface area (Å²) in [5.41, 5.74) is 0. The Balaban J connectivity index is 0. The molecule has 1 heterocycles. The number of nitrogens with zero attached hydrogens (tertiary/aromatic N) is 1. The van der Waals surface area contributed by atoms with Crippen LogP contribution in [0.1, 0.15) is 92.9 Å². The van der Waals surface area contributed by atoms with Crippen LogP contribution in [0.3, 0.4) is 0 Å². The second-order valence-electron chi connectivity index (χ2n) is 7.68. The summed E-state index contributed by atoms with van der Waals surface area (Å²) in [7, 11) is 0. The molecule has 2 N–H and O–H groups in total. The Labute approximate surface area is 168 Å². The molecule has 0 aromatic carbocycles. The standard InChI is InChI=1S/C16H30N2O3.C4H10.C2H6/c1-2-3-4-5-6-7-15(20)17-12-16(21)18-10-8-14(13-19)9-11-18;1-4(2)3;1-2/h14,19H,2-13H2,1H3,(H,17,20);4H,1-3H3;1-2H3. The summed E-state index contributed by atoms with van der Waals surface area (Å²) in [6.07, 6.45) is 7.83. The summed E-state index contributed by atoms with van der Waals surface area (Å²) in [5, 5.41) is 11.8. The highest BCUT2D eigenvalue weighted by atomic mass is 16.3. The minimum absolute atomic E-state index is 0.00859. The van der Waals surface area contributed by atoms with Crippen LogP contribution in [0.15, 0.2) is 0 Å². The lowest BCUT2D eigenvalue weighted by molar-refractivity contribution is -0.134. The quantitative estimate of drug-likeness (QED) is 0.578. The summed E-state index contributed by atoms with van der Waals surface area (Å²) >= 11 is 0. The van der Waals surface area contributed by atoms with Crippen molar-refractivity contribution in [3.8, 4) is 0 Å². The average molecular weight is 387 g/mol. The summed E-state index contributed by atoms with van der Waals surface area (Å²) < 4.78 is 0. The maximum absolute atomic E-state index is 12.0. The molecule has 0 atom stereocenters. The van der Waals surface area contributed by atoms with Crippen molar-refractivity contribution >= 4 is 11.8 Å². The molecule has 0 unspecified atom stereocenters. The molecule has 5 heteroatoms. The maximum atomic E-state index is 12.0. The van der Waals surface area contributed by atoms with Crippen molar-refractivity contribution < 1.29 is 14.7 Å². The zero-order valence-corrected chi connectivity index (χ0v) is 18.9. The van der Waals surface area contributed by atoms with Crippen LogP contribution in [0.4, 0.5) is 0 Å². The molecule has 5 nitrogen and oxygen atoms in total. The van der Waals surface area contributed by atoms with Crippen LogP contribution < -0.4 is 5.32 Å². The van der Waals surface area contributed by atoms with Gasteiger partial charge in [0, 0.05) is 26.1 Å². The summed E-state index contributed by atoms with van der Waals surface area (Å²) in [4.78, 5) is 25.4. The summed E-state index contributed by atoms with van der Waals surface area (Å²) in [6.45, 7) is 14.4. The molecule has 2 amide bonds. The van der Waals surface area contributed by atoms with Gasteiger partial charge < -0.3 is 15.3 Å². The second-order valence-corrected chi connectivity index (χ2v) is 7.68. The third-order valence-electron chi connectivity index (χ3n) is 4.17. The number of carbonyl (C=O) groups excluding carboxylic acids is 2. The SMILES string of the molecule is CC.CC(C)C.CCCCCCCC(=O)NCC(=O)N1CCC(CO)CC1. The number of carbonyl (C=O) groups is 2. The third-order valence-corrected chi connectivity index (χ3v) is 4.17. The van der Waals surface area contributed by atoms with Gasteiger partial charge in [-0.05, 0) is 31.1 Å². The molecule has 0 bridgehead atoms. The molecule has 1 rings (SSSR count). The van der Waals surface area contributed by atoms with Crippen LogP contribution in [-0.4, -0.2) is 48.1 Å². The topological polar surface area (TPSA) is 69.6 Å². The van der Waals surface area contributed by atoms with E-state index < -0.39 is 0 Å². The highest BCUT2D eigenvalue weighted by molar-refractivity contribution is 5.84. The van der Waals surface area contributed by atoms with Gasteiger partial charge >= 0.3 is 0 Å². The Kier molecular flexibility index (Phi) is 20.5. The van der Waals surface area contributed by atoms with Gasteiger partial charge in [-0.1, -0.05) is 67.2 Å². The fourth-order valence-electron chi connectivity index (χ4n) is 2.63. The van der Waals surface area contributed by atoms with Gasteiger partial charge in [-0.15, -0.1) is 0 Å². The van der Waals surface area contributed by atoms with Crippen LogP contribution in [0.2, 0.25) is 0 Å². The van der Waals surface area contributed by atoms with Gasteiger partial charge in [-0.3, -0.25) is 9.59 Å². The van der Waals surface area contributed by atoms with E-state index >= 15 is 0 Å². The number of hydrogen-bond donors (Lipinski definition) is 2. The molecule has 27 heavy (non-hydrogen) atoms. The van der Waals surface area contributed by atoms with Crippen molar-refractivity contribution in [1.29, 1.82) is 0 Å². The van der Waals surface area contributed by atoms with Gasteiger partial charge in [0.1, 0.15) is 0 Å². The molecule has 0 spiro atoms. The molecule has 1 aliphatic rings. The van der Waals surface area contributed by atoms with E-state index in [1.807, 2.05) is 13.8 Å². The lowest BCUT2D eigenvalue weighted by Gasteiger charge is -2.31. The normalized spacial score (nSPS) is 14.0. The second kappa shape index (κ2) is 19.7. The van der Waals surface area contributed by atoms with E-state index in [2.05, 4.69) is 33.0 Å². The van der Waals surface area contributed by atoms with Gasteiger partial charge in [0.25, 0.3) is 0 Å². The molecule has 0 radical (unpaired) electrons. The van der Waals surface area contributed by atoms with Crippen molar-refractivity contribution in [2.24, 2.45) is 11.8 Å². The first kappa shape index (κ1) is 28.1. The lowest BCUT2D eigenvalue weighted by atomic mass is 9.98. The number of rotatable bonds is 9. The Morgan fingerprint density at radius 3 is 2.04 bits per heavy atom. The Morgan fingerprint density at radius 2 is 1.56 bits per heavy atom. The van der Waals surface area contributed by atoms with Crippen LogP contribution in [0.5, 0.6) is 0 Å². The molecule has 0 aromatic heterocycles. The molecule has 1 fully saturated rings. The number of piperidine rings is 1. The summed E-state index contributed by atoms with van der Waals surface area (Å²) in [6, 6.07) is 0. The van der Waals surface area contributed by atoms with Crippen LogP contribution in [-0.2, 0) is 9.59 Å². The number of aliphatic hydroxyl groups excluding tert-OH is 1. The van der Waals surface area contributed by atoms with E-state index in [1.165, 1.54) is 19.3 Å². The number of hydrogen-bond acceptors (Lipinski definition) is 3. The Bertz CT molecular complexity index is 349. The average Bonchev–Trinajstić information content (AvgIpc) is 2.67. The molecule has 0 aliphatic carbocycles. The van der Waals surface area contributed by atoms with Crippen LogP contribution in [0.25, 0.3) is 0 Å². The highest BCUT2D eigenvalue weighted by Gasteiger charge is 2.22. The third kappa shape index (κ3) is 18.0. The molecule has 1 aliphatic heterocycles. The lowest BCUT2D eigenvalue weighted by Crippen LogP contribution is -2.44. The van der Waals surface area contributed by atoms with E-state index in [-0.39, 0.29) is 25.0 Å². The first-order chi connectivity index (χ1) is 12.9. The Morgan fingerprint density at radius 1 is 1.04 bits per heavy atom. The monoisotopic (exact) mass is 386 g/mol. The van der Waals surface area contributed by atoms with E-state index in [0.29, 0.717) is 25.4 Å². The zero-order valence-electron chi connectivity index (χ0n) is 18.9. The number of aliphatic hydroxyl groups is 1. The van der Waals surface area contributed by atoms with Crippen LogP contribution >= 0.6 is 0 Å². The van der Waals surface area contributed by atoms with Gasteiger partial charge in [0.05, 0.1) is 6.54 Å². The highest BCUT2D eigenvalue weighted by Crippen LogP contribution is 2.16. The molecule has 0 aromatic rings. The van der Waals surface area contributed by atoms with Crippen molar-refractivity contribution in [3.63, 3.8) is 0 Å². The van der Waals surface area contributed by atoms with E-state index in [0.717, 1.165) is 31.6 Å². The maximum Gasteiger partial charge on any atom is 0.241 e. The van der Waals surface area contributed by atoms with Gasteiger partial charge in [0.15, 0.2) is 0 Å². The number of amides is 2. The number of unbranched alkanes of at least 4 members (excludes halogenated alkanes) is 4. The van der Waals surface area contributed by atoms with Crippen molar-refractivity contribution in [2.75, 3.05) is 26.2 Å². The predicted octanol–water partition coefficient (Wildman–Crippen LogP) is 4.38. The zero-order chi connectivity index (χ0) is 21.1. The van der Waals surface area contributed by atoms with Gasteiger partial charge in [-0.2, -0.15) is 0 Å². The molecule has 162 valence electrons. The van der Waals surface area contributed by atoms with Crippen molar-refractivity contribution in [2.45, 2.75) is 92.9 Å². The molecule has 1 saturated heterocycles. The minimum atomic E-state index is -0.0231. The van der Waals surface area contributed by atoms with Gasteiger partial charge in [0.2, 0.25) is 11.8 Å². The first-order valence-electron chi connectivity index (χ1n) is 11.1. The smallest absolute Gasteiger partial charge is 0.241 e. The predicted molar refractivity (Wildman–Crippen MR) is 115 cm³/mol. The van der Waals surface area contributed by atoms with Crippen molar-refractivity contribution in [1.82, 2.24) is 10.2 Å². The van der Waals surface area contributed by atoms with E-state index in [1.54, 1.807) is 4.90 Å². The largest absolute Gasteiger partial charge is 0.396 e. The molecular weight excluding hydrogens is 340 g/mol. The van der Waals surface area contributed by atoms with Crippen LogP contribution in [0, 0.1) is 11.8 Å². The number of nitrogens with one attached hydrogen (secondary N) is 1. The first-order valence-corrected chi connectivity index (χ1v) is 11.1. The van der Waals surface area contributed by atoms with Gasteiger partial charge in [-0.25, -0.2) is 0 Å². The minimum Gasteiger partial charge on any atom is -0.396 e. The summed E-state index contributed by atoms with van der Waals surface area (Å²) in [5.74, 6) is 1.13. The molecule has 0 saturated carbocycles. The van der Waals surface area contributed by atoms with Crippen molar-refractivity contribution in [3.05, 3.63) is 0 Å². The molecular formula is C22H46N2O3. The van der Waals surface area contributed by atoms with E-state index in [4.69, 9.17) is 5.11 Å². The fourth-order valence-corrected chi connectivity index (χ4v) is 2.63. The fraction of sp³-hybridized carbons (Fsp3) is 0.909. The number of likely N-dealkylation sites (tertiary alicyclic amines) is 1. The Hall–Kier alpha value is -1.10. The van der Waals surface area contributed by atoms with E-state index in [9.17, 15) is 9.59 Å².